The molecule has 2 aromatic rings. The molecule has 0 fully saturated rings. The van der Waals surface area contributed by atoms with Gasteiger partial charge in [0, 0.05) is 0 Å². The van der Waals surface area contributed by atoms with Gasteiger partial charge in [0.2, 0.25) is 0 Å². The van der Waals surface area contributed by atoms with E-state index in [1.54, 1.807) is 11.6 Å². The Hall–Kier alpha value is -2.30. The first kappa shape index (κ1) is 15.1. The van der Waals surface area contributed by atoms with Gasteiger partial charge in [0.05, 0.1) is 18.5 Å². The molecule has 0 atom stereocenters. The Kier molecular flexibility index (Phi) is 4.02. The van der Waals surface area contributed by atoms with Gasteiger partial charge < -0.3 is 10.5 Å². The highest BCUT2D eigenvalue weighted by Gasteiger charge is 2.18. The zero-order chi connectivity index (χ0) is 15.6. The Labute approximate surface area is 124 Å². The van der Waals surface area contributed by atoms with Crippen LogP contribution in [0.4, 0.5) is 5.82 Å². The van der Waals surface area contributed by atoms with Crippen molar-refractivity contribution in [2.24, 2.45) is 0 Å². The van der Waals surface area contributed by atoms with E-state index in [1.165, 1.54) is 11.8 Å². The molecule has 112 valence electrons. The highest BCUT2D eigenvalue weighted by molar-refractivity contribution is 5.94. The molecular formula is C16H21N3O2. The van der Waals surface area contributed by atoms with E-state index in [9.17, 15) is 4.79 Å². The van der Waals surface area contributed by atoms with Crippen molar-refractivity contribution in [2.75, 3.05) is 12.3 Å². The SMILES string of the molecule is CCOC(=O)c1cnn(-c2ccc(C(C)(C)C)cc2)c1N. The average molecular weight is 287 g/mol. The third-order valence-corrected chi connectivity index (χ3v) is 3.28. The number of carbonyl (C=O) groups excluding carboxylic acids is 1. The first-order valence-electron chi connectivity index (χ1n) is 6.96. The van der Waals surface area contributed by atoms with Crippen molar-refractivity contribution in [3.63, 3.8) is 0 Å². The number of nitrogen functional groups attached to an aromatic ring is 1. The fourth-order valence-corrected chi connectivity index (χ4v) is 2.03. The predicted octanol–water partition coefficient (Wildman–Crippen LogP) is 2.93. The van der Waals surface area contributed by atoms with Gasteiger partial charge >= 0.3 is 5.97 Å². The quantitative estimate of drug-likeness (QED) is 0.881. The number of nitrogens with zero attached hydrogens (tertiary/aromatic N) is 2. The molecule has 0 saturated carbocycles. The molecule has 0 aliphatic heterocycles. The zero-order valence-electron chi connectivity index (χ0n) is 12.9. The summed E-state index contributed by atoms with van der Waals surface area (Å²) in [5, 5.41) is 4.17. The monoisotopic (exact) mass is 287 g/mol. The molecule has 2 rings (SSSR count). The van der Waals surface area contributed by atoms with Crippen LogP contribution in [0.25, 0.3) is 5.69 Å². The summed E-state index contributed by atoms with van der Waals surface area (Å²) >= 11 is 0. The van der Waals surface area contributed by atoms with Gasteiger partial charge in [-0.1, -0.05) is 32.9 Å². The third kappa shape index (κ3) is 3.07. The summed E-state index contributed by atoms with van der Waals surface area (Å²) in [6.45, 7) is 8.53. The van der Waals surface area contributed by atoms with Crippen LogP contribution in [0.3, 0.4) is 0 Å². The zero-order valence-corrected chi connectivity index (χ0v) is 12.9. The number of ether oxygens (including phenoxy) is 1. The maximum atomic E-state index is 11.7. The number of anilines is 1. The van der Waals surface area contributed by atoms with E-state index in [0.717, 1.165) is 5.69 Å². The number of rotatable bonds is 3. The van der Waals surface area contributed by atoms with Crippen LogP contribution in [0.5, 0.6) is 0 Å². The second kappa shape index (κ2) is 5.60. The van der Waals surface area contributed by atoms with Crippen molar-refractivity contribution in [3.05, 3.63) is 41.6 Å². The van der Waals surface area contributed by atoms with Gasteiger partial charge in [-0.2, -0.15) is 5.10 Å². The summed E-state index contributed by atoms with van der Waals surface area (Å²) in [6, 6.07) is 7.97. The van der Waals surface area contributed by atoms with Crippen molar-refractivity contribution in [3.8, 4) is 5.69 Å². The van der Waals surface area contributed by atoms with E-state index in [0.29, 0.717) is 6.61 Å². The van der Waals surface area contributed by atoms with Gasteiger partial charge in [0.15, 0.2) is 0 Å². The summed E-state index contributed by atoms with van der Waals surface area (Å²) in [7, 11) is 0. The maximum Gasteiger partial charge on any atom is 0.343 e. The van der Waals surface area contributed by atoms with Crippen LogP contribution in [-0.2, 0) is 10.2 Å². The van der Waals surface area contributed by atoms with Gasteiger partial charge in [0.25, 0.3) is 0 Å². The van der Waals surface area contributed by atoms with Gasteiger partial charge in [-0.3, -0.25) is 0 Å². The molecule has 1 aromatic carbocycles. The molecule has 0 aliphatic rings. The van der Waals surface area contributed by atoms with E-state index in [-0.39, 0.29) is 16.8 Å². The summed E-state index contributed by atoms with van der Waals surface area (Å²) in [4.78, 5) is 11.7. The Morgan fingerprint density at radius 1 is 1.29 bits per heavy atom. The van der Waals surface area contributed by atoms with Gasteiger partial charge in [-0.15, -0.1) is 0 Å². The number of nitrogens with two attached hydrogens (primary N) is 1. The number of benzene rings is 1. The van der Waals surface area contributed by atoms with Gasteiger partial charge in [-0.25, -0.2) is 9.48 Å². The summed E-state index contributed by atoms with van der Waals surface area (Å²) in [5.41, 5.74) is 8.41. The first-order chi connectivity index (χ1) is 9.84. The molecule has 2 N–H and O–H groups in total. The molecule has 1 aromatic heterocycles. The summed E-state index contributed by atoms with van der Waals surface area (Å²) < 4.78 is 6.49. The number of hydrogen-bond acceptors (Lipinski definition) is 4. The molecule has 0 amide bonds. The number of aromatic nitrogens is 2. The lowest BCUT2D eigenvalue weighted by molar-refractivity contribution is 0.0527. The second-order valence-corrected chi connectivity index (χ2v) is 5.87. The maximum absolute atomic E-state index is 11.7. The molecule has 0 saturated heterocycles. The minimum atomic E-state index is -0.451. The lowest BCUT2D eigenvalue weighted by Crippen LogP contribution is -2.11. The molecule has 0 unspecified atom stereocenters. The highest BCUT2D eigenvalue weighted by Crippen LogP contribution is 2.24. The van der Waals surface area contributed by atoms with E-state index >= 15 is 0 Å². The van der Waals surface area contributed by atoms with Gasteiger partial charge in [-0.05, 0) is 30.0 Å². The molecule has 21 heavy (non-hydrogen) atoms. The molecule has 0 spiro atoms. The topological polar surface area (TPSA) is 70.1 Å². The Morgan fingerprint density at radius 3 is 2.43 bits per heavy atom. The third-order valence-electron chi connectivity index (χ3n) is 3.28. The van der Waals surface area contributed by atoms with Crippen molar-refractivity contribution in [2.45, 2.75) is 33.1 Å². The molecule has 0 aliphatic carbocycles. The molecule has 0 bridgehead atoms. The van der Waals surface area contributed by atoms with Crippen LogP contribution in [0.2, 0.25) is 0 Å². The second-order valence-electron chi connectivity index (χ2n) is 5.87. The minimum Gasteiger partial charge on any atom is -0.462 e. The molecular weight excluding hydrogens is 266 g/mol. The van der Waals surface area contributed by atoms with Gasteiger partial charge in [0.1, 0.15) is 11.4 Å². The van der Waals surface area contributed by atoms with Crippen LogP contribution in [-0.4, -0.2) is 22.4 Å². The van der Waals surface area contributed by atoms with E-state index in [2.05, 4.69) is 25.9 Å². The van der Waals surface area contributed by atoms with Crippen molar-refractivity contribution in [1.82, 2.24) is 9.78 Å². The van der Waals surface area contributed by atoms with Crippen LogP contribution in [0.15, 0.2) is 30.5 Å². The van der Waals surface area contributed by atoms with Crippen LogP contribution in [0, 0.1) is 0 Å². The number of carbonyl (C=O) groups is 1. The fourth-order valence-electron chi connectivity index (χ4n) is 2.03. The fraction of sp³-hybridized carbons (Fsp3) is 0.375. The molecule has 5 nitrogen and oxygen atoms in total. The molecule has 0 radical (unpaired) electrons. The van der Waals surface area contributed by atoms with Crippen LogP contribution in [0.1, 0.15) is 43.6 Å². The van der Waals surface area contributed by atoms with E-state index < -0.39 is 5.97 Å². The minimum absolute atomic E-state index is 0.0876. The van der Waals surface area contributed by atoms with E-state index in [1.807, 2.05) is 24.3 Å². The average Bonchev–Trinajstić information content (AvgIpc) is 2.80. The summed E-state index contributed by atoms with van der Waals surface area (Å²) in [6.07, 6.45) is 1.44. The summed E-state index contributed by atoms with van der Waals surface area (Å²) in [5.74, 6) is -0.162. The molecule has 1 heterocycles. The van der Waals surface area contributed by atoms with Crippen molar-refractivity contribution in [1.29, 1.82) is 0 Å². The predicted molar refractivity (Wildman–Crippen MR) is 82.6 cm³/mol. The lowest BCUT2D eigenvalue weighted by atomic mass is 9.87. The largest absolute Gasteiger partial charge is 0.462 e. The Balaban J connectivity index is 2.33. The standard InChI is InChI=1S/C16H21N3O2/c1-5-21-15(20)13-10-18-19(14(13)17)12-8-6-11(7-9-12)16(2,3)4/h6-10H,5,17H2,1-4H3. The lowest BCUT2D eigenvalue weighted by Gasteiger charge is -2.19. The van der Waals surface area contributed by atoms with Crippen LogP contribution < -0.4 is 5.73 Å². The Morgan fingerprint density at radius 2 is 1.90 bits per heavy atom. The van der Waals surface area contributed by atoms with Crippen molar-refractivity contribution < 1.29 is 9.53 Å². The Bertz CT molecular complexity index is 637. The van der Waals surface area contributed by atoms with E-state index in [4.69, 9.17) is 10.5 Å². The van der Waals surface area contributed by atoms with Crippen LogP contribution >= 0.6 is 0 Å². The smallest absolute Gasteiger partial charge is 0.343 e. The molecule has 5 heteroatoms. The highest BCUT2D eigenvalue weighted by atomic mass is 16.5. The normalized spacial score (nSPS) is 11.4. The first-order valence-corrected chi connectivity index (χ1v) is 6.96. The van der Waals surface area contributed by atoms with Crippen molar-refractivity contribution >= 4 is 11.8 Å². The number of hydrogen-bond donors (Lipinski definition) is 1. The number of esters is 1.